The predicted molar refractivity (Wildman–Crippen MR) is 80.5 cm³/mol. The maximum atomic E-state index is 13.8. The molecule has 1 aliphatic rings. The van der Waals surface area contributed by atoms with Crippen molar-refractivity contribution in [3.05, 3.63) is 29.6 Å². The molecule has 0 atom stereocenters. The molecule has 0 radical (unpaired) electrons. The maximum Gasteiger partial charge on any atom is 0.243 e. The monoisotopic (exact) mass is 314 g/mol. The lowest BCUT2D eigenvalue weighted by molar-refractivity contribution is 0.457. The molecule has 0 aromatic heterocycles. The third-order valence-corrected chi connectivity index (χ3v) is 6.76. The summed E-state index contributed by atoms with van der Waals surface area (Å²) in [6.45, 7) is 8.94. The average Bonchev–Trinajstić information content (AvgIpc) is 2.77. The fourth-order valence-electron chi connectivity index (χ4n) is 2.99. The third kappa shape index (κ3) is 2.72. The Morgan fingerprint density at radius 2 is 1.81 bits per heavy atom. The summed E-state index contributed by atoms with van der Waals surface area (Å²) in [7, 11) is -3.86. The van der Waals surface area contributed by atoms with Gasteiger partial charge in [-0.2, -0.15) is 0 Å². The van der Waals surface area contributed by atoms with Crippen LogP contribution in [-0.2, 0) is 16.6 Å². The van der Waals surface area contributed by atoms with Crippen LogP contribution < -0.4 is 10.5 Å². The maximum absolute atomic E-state index is 13.8. The zero-order valence-electron chi connectivity index (χ0n) is 12.9. The van der Waals surface area contributed by atoms with Gasteiger partial charge in [-0.3, -0.25) is 0 Å². The minimum absolute atomic E-state index is 0.0766. The smallest absolute Gasteiger partial charge is 0.243 e. The normalized spacial score (nSPS) is 20.5. The van der Waals surface area contributed by atoms with E-state index in [-0.39, 0.29) is 28.2 Å². The van der Waals surface area contributed by atoms with Gasteiger partial charge in [0.2, 0.25) is 10.0 Å². The molecule has 0 heterocycles. The van der Waals surface area contributed by atoms with Crippen LogP contribution in [0.3, 0.4) is 0 Å². The number of halogens is 1. The van der Waals surface area contributed by atoms with E-state index >= 15 is 0 Å². The van der Waals surface area contributed by atoms with E-state index in [1.54, 1.807) is 0 Å². The van der Waals surface area contributed by atoms with Gasteiger partial charge in [0.15, 0.2) is 0 Å². The van der Waals surface area contributed by atoms with Gasteiger partial charge in [-0.25, -0.2) is 17.5 Å². The van der Waals surface area contributed by atoms with Crippen LogP contribution in [0, 0.1) is 22.6 Å². The van der Waals surface area contributed by atoms with E-state index in [4.69, 9.17) is 5.73 Å². The molecule has 118 valence electrons. The Labute approximate surface area is 126 Å². The molecule has 1 aromatic rings. The highest BCUT2D eigenvalue weighted by atomic mass is 32.2. The van der Waals surface area contributed by atoms with Crippen molar-refractivity contribution in [3.8, 4) is 0 Å². The summed E-state index contributed by atoms with van der Waals surface area (Å²) < 4.78 is 40.9. The van der Waals surface area contributed by atoms with Crippen LogP contribution in [0.5, 0.6) is 0 Å². The zero-order valence-corrected chi connectivity index (χ0v) is 13.7. The lowest BCUT2D eigenvalue weighted by Gasteiger charge is -2.10. The number of rotatable bonds is 5. The fourth-order valence-corrected chi connectivity index (χ4v) is 4.17. The van der Waals surface area contributed by atoms with E-state index in [1.807, 2.05) is 0 Å². The first kappa shape index (κ1) is 16.4. The van der Waals surface area contributed by atoms with E-state index in [2.05, 4.69) is 32.4 Å². The highest BCUT2D eigenvalue weighted by Gasteiger charge is 2.64. The number of hydrogen-bond donors (Lipinski definition) is 2. The van der Waals surface area contributed by atoms with Crippen molar-refractivity contribution in [1.29, 1.82) is 0 Å². The highest BCUT2D eigenvalue weighted by Crippen LogP contribution is 2.67. The number of nitrogens with two attached hydrogens (primary N) is 1. The first-order chi connectivity index (χ1) is 9.54. The molecule has 0 aliphatic heterocycles. The van der Waals surface area contributed by atoms with Crippen molar-refractivity contribution in [1.82, 2.24) is 4.72 Å². The van der Waals surface area contributed by atoms with Crippen LogP contribution in [-0.4, -0.2) is 15.0 Å². The van der Waals surface area contributed by atoms with Crippen molar-refractivity contribution in [3.63, 3.8) is 0 Å². The molecule has 0 unspecified atom stereocenters. The lowest BCUT2D eigenvalue weighted by Crippen LogP contribution is -2.28. The fraction of sp³-hybridized carbons (Fsp3) is 0.600. The molecule has 1 aromatic carbocycles. The standard InChI is InChI=1S/C15H23FN2O2S/c1-14(2)13(15(14,3)4)9-18-21(19,20)12-7-10(8-17)5-6-11(12)16/h5-7,13,18H,8-9,17H2,1-4H3. The number of hydrogen-bond acceptors (Lipinski definition) is 3. The topological polar surface area (TPSA) is 72.2 Å². The summed E-state index contributed by atoms with van der Waals surface area (Å²) in [6, 6.07) is 3.92. The molecule has 6 heteroatoms. The molecule has 2 rings (SSSR count). The van der Waals surface area contributed by atoms with Gasteiger partial charge in [0.05, 0.1) is 0 Å². The second kappa shape index (κ2) is 5.04. The minimum atomic E-state index is -3.86. The largest absolute Gasteiger partial charge is 0.326 e. The van der Waals surface area contributed by atoms with Gasteiger partial charge in [0.1, 0.15) is 10.7 Å². The molecule has 1 saturated carbocycles. The molecule has 0 spiro atoms. The molecule has 4 nitrogen and oxygen atoms in total. The second-order valence-electron chi connectivity index (χ2n) is 6.82. The summed E-state index contributed by atoms with van der Waals surface area (Å²) >= 11 is 0. The quantitative estimate of drug-likeness (QED) is 0.875. The Hall–Kier alpha value is -0.980. The third-order valence-electron chi connectivity index (χ3n) is 5.32. The van der Waals surface area contributed by atoms with E-state index in [0.29, 0.717) is 12.1 Å². The summed E-state index contributed by atoms with van der Waals surface area (Å²) in [5.41, 5.74) is 6.22. The average molecular weight is 314 g/mol. The summed E-state index contributed by atoms with van der Waals surface area (Å²) in [5.74, 6) is -0.519. The Morgan fingerprint density at radius 3 is 2.29 bits per heavy atom. The van der Waals surface area contributed by atoms with Crippen LogP contribution in [0.1, 0.15) is 33.3 Å². The van der Waals surface area contributed by atoms with Crippen molar-refractivity contribution < 1.29 is 12.8 Å². The van der Waals surface area contributed by atoms with Crippen molar-refractivity contribution >= 4 is 10.0 Å². The molecule has 3 N–H and O–H groups in total. The van der Waals surface area contributed by atoms with E-state index < -0.39 is 15.8 Å². The van der Waals surface area contributed by atoms with Gasteiger partial charge in [0, 0.05) is 13.1 Å². The van der Waals surface area contributed by atoms with Crippen LogP contribution in [0.2, 0.25) is 0 Å². The molecule has 0 bridgehead atoms. The Kier molecular flexibility index (Phi) is 3.93. The first-order valence-electron chi connectivity index (χ1n) is 7.02. The minimum Gasteiger partial charge on any atom is -0.326 e. The number of nitrogens with one attached hydrogen (secondary N) is 1. The summed E-state index contributed by atoms with van der Waals surface area (Å²) in [4.78, 5) is -0.332. The molecular formula is C15H23FN2O2S. The molecule has 0 saturated heterocycles. The Bertz CT molecular complexity index is 640. The molecule has 1 fully saturated rings. The second-order valence-corrected chi connectivity index (χ2v) is 8.55. The molecule has 1 aliphatic carbocycles. The molecule has 21 heavy (non-hydrogen) atoms. The predicted octanol–water partition coefficient (Wildman–Crippen LogP) is 2.24. The lowest BCUT2D eigenvalue weighted by atomic mass is 10.0. The Morgan fingerprint density at radius 1 is 1.24 bits per heavy atom. The van der Waals surface area contributed by atoms with Gasteiger partial charge >= 0.3 is 0 Å². The van der Waals surface area contributed by atoms with Crippen LogP contribution in [0.4, 0.5) is 4.39 Å². The van der Waals surface area contributed by atoms with E-state index in [9.17, 15) is 12.8 Å². The van der Waals surface area contributed by atoms with E-state index in [1.165, 1.54) is 12.1 Å². The van der Waals surface area contributed by atoms with E-state index in [0.717, 1.165) is 6.07 Å². The SMILES string of the molecule is CC1(C)C(CNS(=O)(=O)c2cc(CN)ccc2F)C1(C)C. The summed E-state index contributed by atoms with van der Waals surface area (Å²) in [6.07, 6.45) is 0. The number of benzene rings is 1. The van der Waals surface area contributed by atoms with Crippen molar-refractivity contribution in [2.75, 3.05) is 6.54 Å². The highest BCUT2D eigenvalue weighted by molar-refractivity contribution is 7.89. The summed E-state index contributed by atoms with van der Waals surface area (Å²) in [5, 5.41) is 0. The van der Waals surface area contributed by atoms with Crippen molar-refractivity contribution in [2.45, 2.75) is 39.1 Å². The Balaban J connectivity index is 2.17. The molecular weight excluding hydrogens is 291 g/mol. The van der Waals surface area contributed by atoms with Gasteiger partial charge in [-0.1, -0.05) is 33.8 Å². The van der Waals surface area contributed by atoms with Gasteiger partial charge in [-0.05, 0) is 34.4 Å². The van der Waals surface area contributed by atoms with Crippen LogP contribution in [0.25, 0.3) is 0 Å². The van der Waals surface area contributed by atoms with Gasteiger partial charge in [-0.15, -0.1) is 0 Å². The van der Waals surface area contributed by atoms with Gasteiger partial charge in [0.25, 0.3) is 0 Å². The number of sulfonamides is 1. The van der Waals surface area contributed by atoms with Crippen LogP contribution in [0.15, 0.2) is 23.1 Å². The van der Waals surface area contributed by atoms with Crippen LogP contribution >= 0.6 is 0 Å². The first-order valence-corrected chi connectivity index (χ1v) is 8.50. The molecule has 0 amide bonds. The van der Waals surface area contributed by atoms with Crippen molar-refractivity contribution in [2.24, 2.45) is 22.5 Å². The van der Waals surface area contributed by atoms with Gasteiger partial charge < -0.3 is 5.73 Å². The zero-order chi connectivity index (χ0) is 16.1.